The van der Waals surface area contributed by atoms with Crippen LogP contribution < -0.4 is 5.32 Å². The first-order valence-corrected chi connectivity index (χ1v) is 6.21. The van der Waals surface area contributed by atoms with Crippen molar-refractivity contribution in [1.29, 1.82) is 0 Å². The Morgan fingerprint density at radius 2 is 2.12 bits per heavy atom. The van der Waals surface area contributed by atoms with Crippen molar-refractivity contribution >= 4 is 17.2 Å². The molecule has 1 aromatic heterocycles. The molecule has 0 amide bonds. The third kappa shape index (κ3) is 1.87. The zero-order valence-electron chi connectivity index (χ0n) is 9.12. The van der Waals surface area contributed by atoms with Gasteiger partial charge in [0.15, 0.2) is 0 Å². The van der Waals surface area contributed by atoms with E-state index in [0.29, 0.717) is 0 Å². The molecule has 1 aromatic rings. The van der Waals surface area contributed by atoms with E-state index in [1.165, 1.54) is 30.5 Å². The molecule has 1 fully saturated rings. The molecule has 0 aromatic carbocycles. The largest absolute Gasteiger partial charge is 0.316 e. The van der Waals surface area contributed by atoms with Crippen LogP contribution in [-0.2, 0) is 0 Å². The van der Waals surface area contributed by atoms with Crippen molar-refractivity contribution in [1.82, 2.24) is 10.3 Å². The van der Waals surface area contributed by atoms with E-state index >= 15 is 0 Å². The highest BCUT2D eigenvalue weighted by molar-refractivity contribution is 6.30. The van der Waals surface area contributed by atoms with Crippen LogP contribution in [0, 0.1) is 11.8 Å². The molecule has 2 nitrogen and oxygen atoms in total. The molecule has 1 saturated heterocycles. The van der Waals surface area contributed by atoms with E-state index < -0.39 is 0 Å². The van der Waals surface area contributed by atoms with Gasteiger partial charge in [0.1, 0.15) is 0 Å². The Balaban J connectivity index is 1.85. The fourth-order valence-electron chi connectivity index (χ4n) is 2.78. The number of allylic oxidation sites excluding steroid dienone is 2. The number of nitrogens with one attached hydrogen (secondary N) is 1. The average molecular weight is 235 g/mol. The highest BCUT2D eigenvalue weighted by atomic mass is 35.5. The molecule has 1 aliphatic heterocycles. The maximum atomic E-state index is 5.97. The van der Waals surface area contributed by atoms with Gasteiger partial charge in [0.25, 0.3) is 0 Å². The second kappa shape index (κ2) is 4.19. The zero-order valence-corrected chi connectivity index (χ0v) is 9.87. The van der Waals surface area contributed by atoms with Crippen LogP contribution in [0.15, 0.2) is 24.5 Å². The summed E-state index contributed by atoms with van der Waals surface area (Å²) in [6.07, 6.45) is 8.33. The predicted molar refractivity (Wildman–Crippen MR) is 66.3 cm³/mol. The number of halogens is 1. The van der Waals surface area contributed by atoms with Gasteiger partial charge in [-0.15, -0.1) is 0 Å². The molecule has 2 aliphatic rings. The molecule has 2 unspecified atom stereocenters. The molecule has 1 aliphatic carbocycles. The van der Waals surface area contributed by atoms with Crippen LogP contribution in [0.1, 0.15) is 18.4 Å². The Kier molecular flexibility index (Phi) is 2.70. The average Bonchev–Trinajstić information content (AvgIpc) is 2.75. The quantitative estimate of drug-likeness (QED) is 0.808. The van der Waals surface area contributed by atoms with E-state index in [1.807, 2.05) is 12.3 Å². The summed E-state index contributed by atoms with van der Waals surface area (Å²) in [7, 11) is 0. The standard InChI is InChI=1S/C13H15ClN2/c14-13-4-12(7-16-8-13)9-1-2-10-5-15-6-11(10)3-9/h1,4,7-8,10-11,15H,2-3,5-6H2. The zero-order chi connectivity index (χ0) is 11.0. The Bertz CT molecular complexity index is 428. The molecule has 16 heavy (non-hydrogen) atoms. The monoisotopic (exact) mass is 234 g/mol. The molecule has 3 heteroatoms. The number of hydrogen-bond acceptors (Lipinski definition) is 2. The molecule has 3 rings (SSSR count). The first-order valence-electron chi connectivity index (χ1n) is 5.83. The van der Waals surface area contributed by atoms with Gasteiger partial charge < -0.3 is 5.32 Å². The minimum absolute atomic E-state index is 0.727. The van der Waals surface area contributed by atoms with Gasteiger partial charge in [0.05, 0.1) is 5.02 Å². The summed E-state index contributed by atoms with van der Waals surface area (Å²) in [6.45, 7) is 2.35. The van der Waals surface area contributed by atoms with E-state index in [1.54, 1.807) is 6.20 Å². The van der Waals surface area contributed by atoms with E-state index in [-0.39, 0.29) is 0 Å². The van der Waals surface area contributed by atoms with Gasteiger partial charge in [-0.25, -0.2) is 0 Å². The lowest BCUT2D eigenvalue weighted by molar-refractivity contribution is 0.418. The molecule has 2 heterocycles. The smallest absolute Gasteiger partial charge is 0.0595 e. The number of aromatic nitrogens is 1. The maximum Gasteiger partial charge on any atom is 0.0595 e. The second-order valence-corrected chi connectivity index (χ2v) is 5.18. The number of hydrogen-bond donors (Lipinski definition) is 1. The van der Waals surface area contributed by atoms with Gasteiger partial charge in [0.2, 0.25) is 0 Å². The van der Waals surface area contributed by atoms with Crippen LogP contribution in [0.3, 0.4) is 0 Å². The van der Waals surface area contributed by atoms with E-state index in [0.717, 1.165) is 23.4 Å². The SMILES string of the molecule is Clc1cncc(C2=CCC3CNCC3C2)c1. The Morgan fingerprint density at radius 1 is 1.25 bits per heavy atom. The van der Waals surface area contributed by atoms with Crippen molar-refractivity contribution in [3.63, 3.8) is 0 Å². The normalized spacial score (nSPS) is 28.7. The molecule has 2 atom stereocenters. The first-order chi connectivity index (χ1) is 7.83. The number of nitrogens with zero attached hydrogens (tertiary/aromatic N) is 1. The van der Waals surface area contributed by atoms with Crippen molar-refractivity contribution in [2.24, 2.45) is 11.8 Å². The molecule has 84 valence electrons. The van der Waals surface area contributed by atoms with Crippen molar-refractivity contribution < 1.29 is 0 Å². The van der Waals surface area contributed by atoms with Crippen LogP contribution >= 0.6 is 11.6 Å². The molecule has 0 bridgehead atoms. The molecule has 0 radical (unpaired) electrons. The van der Waals surface area contributed by atoms with Gasteiger partial charge in [-0.05, 0) is 55.0 Å². The highest BCUT2D eigenvalue weighted by Crippen LogP contribution is 2.36. The minimum Gasteiger partial charge on any atom is -0.316 e. The lowest BCUT2D eigenvalue weighted by Crippen LogP contribution is -2.16. The third-order valence-corrected chi connectivity index (χ3v) is 3.91. The Labute approximate surface area is 101 Å². The lowest BCUT2D eigenvalue weighted by atomic mass is 9.80. The second-order valence-electron chi connectivity index (χ2n) is 4.74. The molecular formula is C13H15ClN2. The topological polar surface area (TPSA) is 24.9 Å². The number of rotatable bonds is 1. The van der Waals surface area contributed by atoms with Gasteiger partial charge in [-0.2, -0.15) is 0 Å². The Morgan fingerprint density at radius 3 is 3.00 bits per heavy atom. The van der Waals surface area contributed by atoms with Crippen LogP contribution in [0.4, 0.5) is 0 Å². The Hall–Kier alpha value is -0.860. The summed E-state index contributed by atoms with van der Waals surface area (Å²) in [5.41, 5.74) is 2.61. The van der Waals surface area contributed by atoms with Gasteiger partial charge in [-0.1, -0.05) is 17.7 Å². The van der Waals surface area contributed by atoms with Crippen LogP contribution in [0.25, 0.3) is 5.57 Å². The van der Waals surface area contributed by atoms with Crippen LogP contribution in [0.2, 0.25) is 5.02 Å². The van der Waals surface area contributed by atoms with Crippen molar-refractivity contribution in [2.75, 3.05) is 13.1 Å². The fraction of sp³-hybridized carbons (Fsp3) is 0.462. The van der Waals surface area contributed by atoms with Gasteiger partial charge >= 0.3 is 0 Å². The first kappa shape index (κ1) is 10.3. The predicted octanol–water partition coefficient (Wildman–Crippen LogP) is 2.75. The molecular weight excluding hydrogens is 220 g/mol. The van der Waals surface area contributed by atoms with Gasteiger partial charge in [0, 0.05) is 12.4 Å². The summed E-state index contributed by atoms with van der Waals surface area (Å²) in [6, 6.07) is 2.02. The lowest BCUT2D eigenvalue weighted by Gasteiger charge is -2.24. The molecule has 1 N–H and O–H groups in total. The molecule has 0 spiro atoms. The van der Waals surface area contributed by atoms with E-state index in [4.69, 9.17) is 11.6 Å². The van der Waals surface area contributed by atoms with Gasteiger partial charge in [-0.3, -0.25) is 4.98 Å². The maximum absolute atomic E-state index is 5.97. The summed E-state index contributed by atoms with van der Waals surface area (Å²) in [5, 5.41) is 4.20. The van der Waals surface area contributed by atoms with Crippen molar-refractivity contribution in [3.05, 3.63) is 35.1 Å². The van der Waals surface area contributed by atoms with E-state index in [9.17, 15) is 0 Å². The minimum atomic E-state index is 0.727. The fourth-order valence-corrected chi connectivity index (χ4v) is 2.96. The van der Waals surface area contributed by atoms with Crippen LogP contribution in [-0.4, -0.2) is 18.1 Å². The van der Waals surface area contributed by atoms with Crippen molar-refractivity contribution in [3.8, 4) is 0 Å². The third-order valence-electron chi connectivity index (χ3n) is 3.70. The van der Waals surface area contributed by atoms with Crippen molar-refractivity contribution in [2.45, 2.75) is 12.8 Å². The molecule has 0 saturated carbocycles. The summed E-state index contributed by atoms with van der Waals surface area (Å²) in [4.78, 5) is 4.16. The number of fused-ring (bicyclic) bond motifs is 1. The highest BCUT2D eigenvalue weighted by Gasteiger charge is 2.30. The summed E-state index contributed by atoms with van der Waals surface area (Å²) < 4.78 is 0. The summed E-state index contributed by atoms with van der Waals surface area (Å²) >= 11 is 5.97. The van der Waals surface area contributed by atoms with E-state index in [2.05, 4.69) is 16.4 Å². The number of pyridine rings is 1. The summed E-state index contributed by atoms with van der Waals surface area (Å²) in [5.74, 6) is 1.65. The van der Waals surface area contributed by atoms with Crippen LogP contribution in [0.5, 0.6) is 0 Å².